The van der Waals surface area contributed by atoms with Crippen LogP contribution in [-0.2, 0) is 5.75 Å². The SMILES string of the molecule is CC1CCCC(SCc2cccc(N)n2)C1. The molecular weight excluding hydrogens is 216 g/mol. The van der Waals surface area contributed by atoms with Gasteiger partial charge in [-0.3, -0.25) is 0 Å². The second-order valence-corrected chi connectivity index (χ2v) is 6.05. The molecular formula is C13H20N2S. The summed E-state index contributed by atoms with van der Waals surface area (Å²) in [6, 6.07) is 5.90. The molecule has 2 unspecified atom stereocenters. The zero-order valence-corrected chi connectivity index (χ0v) is 10.7. The number of rotatable bonds is 3. The summed E-state index contributed by atoms with van der Waals surface area (Å²) in [5.74, 6) is 2.54. The Morgan fingerprint density at radius 3 is 3.06 bits per heavy atom. The number of hydrogen-bond donors (Lipinski definition) is 1. The van der Waals surface area contributed by atoms with Crippen molar-refractivity contribution in [2.45, 2.75) is 43.6 Å². The summed E-state index contributed by atoms with van der Waals surface area (Å²) in [5, 5.41) is 0.826. The Hall–Kier alpha value is -0.700. The second-order valence-electron chi connectivity index (χ2n) is 4.76. The molecule has 1 saturated carbocycles. The molecule has 0 radical (unpaired) electrons. The van der Waals surface area contributed by atoms with E-state index in [1.165, 1.54) is 25.7 Å². The molecule has 0 saturated heterocycles. The van der Waals surface area contributed by atoms with E-state index in [2.05, 4.69) is 18.0 Å². The predicted molar refractivity (Wildman–Crippen MR) is 71.4 cm³/mol. The first-order valence-corrected chi connectivity index (χ1v) is 7.12. The number of aromatic nitrogens is 1. The van der Waals surface area contributed by atoms with Gasteiger partial charge < -0.3 is 5.73 Å². The summed E-state index contributed by atoms with van der Waals surface area (Å²) in [6.45, 7) is 2.37. The molecule has 0 aromatic carbocycles. The van der Waals surface area contributed by atoms with Crippen molar-refractivity contribution in [2.24, 2.45) is 5.92 Å². The molecule has 3 heteroatoms. The Kier molecular flexibility index (Phi) is 4.10. The summed E-state index contributed by atoms with van der Waals surface area (Å²) < 4.78 is 0. The first-order valence-electron chi connectivity index (χ1n) is 6.07. The topological polar surface area (TPSA) is 38.9 Å². The molecule has 1 aromatic rings. The van der Waals surface area contributed by atoms with Gasteiger partial charge in [-0.15, -0.1) is 0 Å². The molecule has 2 nitrogen and oxygen atoms in total. The maximum absolute atomic E-state index is 5.67. The zero-order chi connectivity index (χ0) is 11.4. The Labute approximate surface area is 102 Å². The molecule has 1 fully saturated rings. The number of nitrogens with two attached hydrogens (primary N) is 1. The first kappa shape index (κ1) is 11.8. The van der Waals surface area contributed by atoms with Crippen LogP contribution in [0.4, 0.5) is 5.82 Å². The highest BCUT2D eigenvalue weighted by Gasteiger charge is 2.19. The van der Waals surface area contributed by atoms with Crippen molar-refractivity contribution >= 4 is 17.6 Å². The standard InChI is InChI=1S/C13H20N2S/c1-10-4-2-6-12(8-10)16-9-11-5-3-7-13(14)15-11/h3,5,7,10,12H,2,4,6,8-9H2,1H3,(H2,14,15). The molecule has 0 spiro atoms. The quantitative estimate of drug-likeness (QED) is 0.873. The Bertz CT molecular complexity index is 340. The van der Waals surface area contributed by atoms with Crippen molar-refractivity contribution in [1.82, 2.24) is 4.98 Å². The van der Waals surface area contributed by atoms with Crippen LogP contribution in [0.15, 0.2) is 18.2 Å². The summed E-state index contributed by atoms with van der Waals surface area (Å²) in [4.78, 5) is 4.33. The van der Waals surface area contributed by atoms with Gasteiger partial charge >= 0.3 is 0 Å². The lowest BCUT2D eigenvalue weighted by Crippen LogP contribution is -2.15. The molecule has 1 aliphatic rings. The van der Waals surface area contributed by atoms with Gasteiger partial charge in [0.2, 0.25) is 0 Å². The number of anilines is 1. The van der Waals surface area contributed by atoms with E-state index >= 15 is 0 Å². The van der Waals surface area contributed by atoms with E-state index in [-0.39, 0.29) is 0 Å². The van der Waals surface area contributed by atoms with Gasteiger partial charge in [0, 0.05) is 11.0 Å². The van der Waals surface area contributed by atoms with Crippen molar-refractivity contribution in [3.8, 4) is 0 Å². The first-order chi connectivity index (χ1) is 7.74. The molecule has 2 rings (SSSR count). The molecule has 16 heavy (non-hydrogen) atoms. The minimum atomic E-state index is 0.634. The summed E-state index contributed by atoms with van der Waals surface area (Å²) in [6.07, 6.45) is 5.54. The van der Waals surface area contributed by atoms with E-state index in [9.17, 15) is 0 Å². The molecule has 1 aliphatic carbocycles. The van der Waals surface area contributed by atoms with Gasteiger partial charge in [0.25, 0.3) is 0 Å². The van der Waals surface area contributed by atoms with Crippen LogP contribution in [0.1, 0.15) is 38.3 Å². The van der Waals surface area contributed by atoms with E-state index in [1.54, 1.807) is 0 Å². The van der Waals surface area contributed by atoms with Crippen LogP contribution in [0.2, 0.25) is 0 Å². The van der Waals surface area contributed by atoms with Gasteiger partial charge in [-0.1, -0.05) is 25.8 Å². The van der Waals surface area contributed by atoms with E-state index in [0.717, 1.165) is 22.6 Å². The summed E-state index contributed by atoms with van der Waals surface area (Å²) in [5.41, 5.74) is 6.78. The second kappa shape index (κ2) is 5.58. The highest BCUT2D eigenvalue weighted by molar-refractivity contribution is 7.99. The van der Waals surface area contributed by atoms with Crippen LogP contribution < -0.4 is 5.73 Å². The van der Waals surface area contributed by atoms with Crippen molar-refractivity contribution in [3.05, 3.63) is 23.9 Å². The van der Waals surface area contributed by atoms with Crippen molar-refractivity contribution in [3.63, 3.8) is 0 Å². The van der Waals surface area contributed by atoms with Crippen LogP contribution in [0, 0.1) is 5.92 Å². The van der Waals surface area contributed by atoms with Crippen LogP contribution in [-0.4, -0.2) is 10.2 Å². The fourth-order valence-corrected chi connectivity index (χ4v) is 3.68. The van der Waals surface area contributed by atoms with Crippen molar-refractivity contribution in [1.29, 1.82) is 0 Å². The van der Waals surface area contributed by atoms with E-state index in [4.69, 9.17) is 5.73 Å². The number of thioether (sulfide) groups is 1. The number of hydrogen-bond acceptors (Lipinski definition) is 3. The Morgan fingerprint density at radius 1 is 1.44 bits per heavy atom. The van der Waals surface area contributed by atoms with Gasteiger partial charge in [0.15, 0.2) is 0 Å². The molecule has 0 amide bonds. The normalized spacial score (nSPS) is 25.6. The van der Waals surface area contributed by atoms with E-state index in [0.29, 0.717) is 5.82 Å². The van der Waals surface area contributed by atoms with Crippen LogP contribution in [0.3, 0.4) is 0 Å². The zero-order valence-electron chi connectivity index (χ0n) is 9.86. The highest BCUT2D eigenvalue weighted by atomic mass is 32.2. The summed E-state index contributed by atoms with van der Waals surface area (Å²) in [7, 11) is 0. The molecule has 2 atom stereocenters. The van der Waals surface area contributed by atoms with Crippen molar-refractivity contribution < 1.29 is 0 Å². The van der Waals surface area contributed by atoms with Gasteiger partial charge in [-0.25, -0.2) is 4.98 Å². The number of nitrogen functional groups attached to an aromatic ring is 1. The van der Waals surface area contributed by atoms with Crippen LogP contribution in [0.25, 0.3) is 0 Å². The molecule has 0 bridgehead atoms. The molecule has 1 heterocycles. The monoisotopic (exact) mass is 236 g/mol. The fourth-order valence-electron chi connectivity index (χ4n) is 2.31. The van der Waals surface area contributed by atoms with E-state index < -0.39 is 0 Å². The average molecular weight is 236 g/mol. The van der Waals surface area contributed by atoms with Crippen LogP contribution >= 0.6 is 11.8 Å². The highest BCUT2D eigenvalue weighted by Crippen LogP contribution is 2.33. The maximum atomic E-state index is 5.67. The lowest BCUT2D eigenvalue weighted by atomic mass is 9.91. The minimum Gasteiger partial charge on any atom is -0.384 e. The maximum Gasteiger partial charge on any atom is 0.123 e. The van der Waals surface area contributed by atoms with Gasteiger partial charge in [-0.2, -0.15) is 11.8 Å². The lowest BCUT2D eigenvalue weighted by molar-refractivity contribution is 0.394. The summed E-state index contributed by atoms with van der Waals surface area (Å²) >= 11 is 2.04. The number of pyridine rings is 1. The third-order valence-electron chi connectivity index (χ3n) is 3.18. The third-order valence-corrected chi connectivity index (χ3v) is 4.55. The van der Waals surface area contributed by atoms with Gasteiger partial charge in [-0.05, 0) is 30.9 Å². The smallest absolute Gasteiger partial charge is 0.123 e. The van der Waals surface area contributed by atoms with Crippen LogP contribution in [0.5, 0.6) is 0 Å². The number of nitrogens with zero attached hydrogens (tertiary/aromatic N) is 1. The average Bonchev–Trinajstić information content (AvgIpc) is 2.27. The predicted octanol–water partition coefficient (Wildman–Crippen LogP) is 3.48. The Morgan fingerprint density at radius 2 is 2.31 bits per heavy atom. The van der Waals surface area contributed by atoms with E-state index in [1.807, 2.05) is 23.9 Å². The largest absolute Gasteiger partial charge is 0.384 e. The molecule has 2 N–H and O–H groups in total. The lowest BCUT2D eigenvalue weighted by Gasteiger charge is -2.26. The fraction of sp³-hybridized carbons (Fsp3) is 0.615. The molecule has 1 aromatic heterocycles. The molecule has 88 valence electrons. The van der Waals surface area contributed by atoms with Gasteiger partial charge in [0.1, 0.15) is 5.82 Å². The van der Waals surface area contributed by atoms with Crippen molar-refractivity contribution in [2.75, 3.05) is 5.73 Å². The van der Waals surface area contributed by atoms with Gasteiger partial charge in [0.05, 0.1) is 5.69 Å². The minimum absolute atomic E-state index is 0.634. The Balaban J connectivity index is 1.82. The molecule has 0 aliphatic heterocycles. The third kappa shape index (κ3) is 3.41.